The number of ketones is 1. The van der Waals surface area contributed by atoms with E-state index < -0.39 is 5.97 Å². The SMILES string of the molecule is COC(=O)COc1ccc2c(c1)OC(=Cc1cccc(OC)c1)C2=O. The summed E-state index contributed by atoms with van der Waals surface area (Å²) >= 11 is 0. The zero-order valence-corrected chi connectivity index (χ0v) is 13.8. The number of rotatable bonds is 5. The Hall–Kier alpha value is -3.28. The average molecular weight is 340 g/mol. The number of Topliss-reactive ketones (excluding diaryl/α,β-unsaturated/α-hetero) is 1. The van der Waals surface area contributed by atoms with Crippen LogP contribution in [0.2, 0.25) is 0 Å². The third-order valence-electron chi connectivity index (χ3n) is 3.62. The summed E-state index contributed by atoms with van der Waals surface area (Å²) < 4.78 is 20.6. The molecule has 1 aliphatic rings. The second-order valence-corrected chi connectivity index (χ2v) is 5.24. The van der Waals surface area contributed by atoms with Gasteiger partial charge in [-0.25, -0.2) is 4.79 Å². The van der Waals surface area contributed by atoms with Gasteiger partial charge in [0.2, 0.25) is 5.78 Å². The lowest BCUT2D eigenvalue weighted by Gasteiger charge is -2.05. The van der Waals surface area contributed by atoms with Gasteiger partial charge in [0, 0.05) is 6.07 Å². The van der Waals surface area contributed by atoms with Gasteiger partial charge in [-0.3, -0.25) is 4.79 Å². The van der Waals surface area contributed by atoms with E-state index in [1.807, 2.05) is 18.2 Å². The van der Waals surface area contributed by atoms with Crippen molar-refractivity contribution in [2.75, 3.05) is 20.8 Å². The summed E-state index contributed by atoms with van der Waals surface area (Å²) in [5, 5.41) is 0. The van der Waals surface area contributed by atoms with E-state index in [-0.39, 0.29) is 18.1 Å². The molecule has 0 aromatic heterocycles. The molecule has 0 radical (unpaired) electrons. The molecule has 0 fully saturated rings. The van der Waals surface area contributed by atoms with Crippen molar-refractivity contribution in [1.82, 2.24) is 0 Å². The van der Waals surface area contributed by atoms with Crippen molar-refractivity contribution in [2.24, 2.45) is 0 Å². The number of carbonyl (C=O) groups is 2. The third kappa shape index (κ3) is 3.63. The molecule has 1 heterocycles. The van der Waals surface area contributed by atoms with E-state index in [2.05, 4.69) is 4.74 Å². The van der Waals surface area contributed by atoms with Crippen molar-refractivity contribution in [1.29, 1.82) is 0 Å². The van der Waals surface area contributed by atoms with Gasteiger partial charge in [-0.15, -0.1) is 0 Å². The Balaban J connectivity index is 1.80. The first-order valence-electron chi connectivity index (χ1n) is 7.52. The first-order valence-corrected chi connectivity index (χ1v) is 7.52. The fraction of sp³-hybridized carbons (Fsp3) is 0.158. The molecule has 0 spiro atoms. The maximum atomic E-state index is 12.4. The summed E-state index contributed by atoms with van der Waals surface area (Å²) in [6, 6.07) is 12.1. The highest BCUT2D eigenvalue weighted by atomic mass is 16.6. The van der Waals surface area contributed by atoms with E-state index >= 15 is 0 Å². The van der Waals surface area contributed by atoms with Crippen molar-refractivity contribution < 1.29 is 28.5 Å². The van der Waals surface area contributed by atoms with Gasteiger partial charge >= 0.3 is 5.97 Å². The van der Waals surface area contributed by atoms with Gasteiger partial charge in [-0.05, 0) is 35.9 Å². The minimum atomic E-state index is -0.490. The number of ether oxygens (including phenoxy) is 4. The summed E-state index contributed by atoms with van der Waals surface area (Å²) in [5.41, 5.74) is 1.23. The highest BCUT2D eigenvalue weighted by molar-refractivity contribution is 6.14. The largest absolute Gasteiger partial charge is 0.497 e. The Bertz CT molecular complexity index is 853. The number of esters is 1. The van der Waals surface area contributed by atoms with Gasteiger partial charge in [0.15, 0.2) is 12.4 Å². The monoisotopic (exact) mass is 340 g/mol. The summed E-state index contributed by atoms with van der Waals surface area (Å²) in [7, 11) is 2.86. The quantitative estimate of drug-likeness (QED) is 0.616. The number of carbonyl (C=O) groups excluding carboxylic acids is 2. The number of benzene rings is 2. The van der Waals surface area contributed by atoms with Crippen LogP contribution in [0.5, 0.6) is 17.2 Å². The highest BCUT2D eigenvalue weighted by Crippen LogP contribution is 2.35. The first kappa shape index (κ1) is 16.6. The third-order valence-corrected chi connectivity index (χ3v) is 3.62. The van der Waals surface area contributed by atoms with E-state index in [0.717, 1.165) is 5.56 Å². The van der Waals surface area contributed by atoms with Gasteiger partial charge in [0.25, 0.3) is 0 Å². The van der Waals surface area contributed by atoms with Gasteiger partial charge < -0.3 is 18.9 Å². The van der Waals surface area contributed by atoms with Crippen molar-refractivity contribution >= 4 is 17.8 Å². The maximum absolute atomic E-state index is 12.4. The number of fused-ring (bicyclic) bond motifs is 1. The van der Waals surface area contributed by atoms with Gasteiger partial charge in [0.1, 0.15) is 17.2 Å². The lowest BCUT2D eigenvalue weighted by molar-refractivity contribution is -0.142. The van der Waals surface area contributed by atoms with Gasteiger partial charge in [0.05, 0.1) is 19.8 Å². The van der Waals surface area contributed by atoms with Crippen LogP contribution in [0.3, 0.4) is 0 Å². The van der Waals surface area contributed by atoms with Crippen molar-refractivity contribution in [2.45, 2.75) is 0 Å². The Kier molecular flexibility index (Phi) is 4.70. The van der Waals surface area contributed by atoms with Crippen LogP contribution in [-0.4, -0.2) is 32.6 Å². The fourth-order valence-corrected chi connectivity index (χ4v) is 2.34. The zero-order chi connectivity index (χ0) is 17.8. The smallest absolute Gasteiger partial charge is 0.343 e. The first-order chi connectivity index (χ1) is 12.1. The summed E-state index contributed by atoms with van der Waals surface area (Å²) in [6.07, 6.45) is 1.65. The van der Waals surface area contributed by atoms with Crippen LogP contribution < -0.4 is 14.2 Å². The Morgan fingerprint density at radius 1 is 1.12 bits per heavy atom. The second kappa shape index (κ2) is 7.09. The summed E-state index contributed by atoms with van der Waals surface area (Å²) in [5.74, 6) is 1.01. The molecule has 0 bridgehead atoms. The predicted octanol–water partition coefficient (Wildman–Crippen LogP) is 2.86. The van der Waals surface area contributed by atoms with Gasteiger partial charge in [-0.2, -0.15) is 0 Å². The van der Waals surface area contributed by atoms with Crippen LogP contribution in [-0.2, 0) is 9.53 Å². The molecular formula is C19H16O6. The minimum Gasteiger partial charge on any atom is -0.497 e. The van der Waals surface area contributed by atoms with Crippen LogP contribution >= 0.6 is 0 Å². The molecule has 128 valence electrons. The molecular weight excluding hydrogens is 324 g/mol. The van der Waals surface area contributed by atoms with Crippen molar-refractivity contribution in [3.63, 3.8) is 0 Å². The van der Waals surface area contributed by atoms with Crippen LogP contribution in [0.1, 0.15) is 15.9 Å². The molecule has 0 N–H and O–H groups in total. The molecule has 0 atom stereocenters. The Morgan fingerprint density at radius 3 is 2.72 bits per heavy atom. The fourth-order valence-electron chi connectivity index (χ4n) is 2.34. The second-order valence-electron chi connectivity index (χ2n) is 5.24. The van der Waals surface area contributed by atoms with Crippen LogP contribution in [0, 0.1) is 0 Å². The normalized spacial score (nSPS) is 14.0. The molecule has 0 saturated heterocycles. The standard InChI is InChI=1S/C19H16O6/c1-22-13-5-3-4-12(8-13)9-17-19(21)15-7-6-14(10-16(15)25-17)24-11-18(20)23-2/h3-10H,11H2,1-2H3. The molecule has 0 amide bonds. The number of hydrogen-bond donors (Lipinski definition) is 0. The van der Waals surface area contributed by atoms with Crippen LogP contribution in [0.25, 0.3) is 6.08 Å². The molecule has 1 aliphatic heterocycles. The van der Waals surface area contributed by atoms with Gasteiger partial charge in [-0.1, -0.05) is 12.1 Å². The number of methoxy groups -OCH3 is 2. The maximum Gasteiger partial charge on any atom is 0.343 e. The van der Waals surface area contributed by atoms with Crippen molar-refractivity contribution in [3.8, 4) is 17.2 Å². The number of hydrogen-bond acceptors (Lipinski definition) is 6. The summed E-state index contributed by atoms with van der Waals surface area (Å²) in [4.78, 5) is 23.6. The Labute approximate surface area is 144 Å². The molecule has 6 heteroatoms. The molecule has 0 unspecified atom stereocenters. The topological polar surface area (TPSA) is 71.1 Å². The highest BCUT2D eigenvalue weighted by Gasteiger charge is 2.27. The average Bonchev–Trinajstić information content (AvgIpc) is 2.95. The zero-order valence-electron chi connectivity index (χ0n) is 13.8. The van der Waals surface area contributed by atoms with E-state index in [4.69, 9.17) is 14.2 Å². The minimum absolute atomic E-state index is 0.211. The van der Waals surface area contributed by atoms with Crippen LogP contribution in [0.15, 0.2) is 48.2 Å². The molecule has 6 nitrogen and oxygen atoms in total. The molecule has 2 aromatic rings. The van der Waals surface area contributed by atoms with E-state index in [9.17, 15) is 9.59 Å². The lowest BCUT2D eigenvalue weighted by Crippen LogP contribution is -2.12. The molecule has 2 aromatic carbocycles. The van der Waals surface area contributed by atoms with E-state index in [0.29, 0.717) is 22.8 Å². The number of allylic oxidation sites excluding steroid dienone is 1. The predicted molar refractivity (Wildman–Crippen MR) is 89.9 cm³/mol. The lowest BCUT2D eigenvalue weighted by atomic mass is 10.1. The van der Waals surface area contributed by atoms with E-state index in [1.165, 1.54) is 7.11 Å². The van der Waals surface area contributed by atoms with E-state index in [1.54, 1.807) is 37.5 Å². The van der Waals surface area contributed by atoms with Crippen LogP contribution in [0.4, 0.5) is 0 Å². The van der Waals surface area contributed by atoms with Crippen molar-refractivity contribution in [3.05, 3.63) is 59.4 Å². The molecule has 25 heavy (non-hydrogen) atoms. The molecule has 0 saturated carbocycles. The summed E-state index contributed by atoms with van der Waals surface area (Å²) in [6.45, 7) is -0.213. The molecule has 3 rings (SSSR count). The Morgan fingerprint density at radius 2 is 1.96 bits per heavy atom. The molecule has 0 aliphatic carbocycles.